The number of hydrogen-bond acceptors (Lipinski definition) is 5. The third-order valence-electron chi connectivity index (χ3n) is 5.19. The maximum absolute atomic E-state index is 12.7. The van der Waals surface area contributed by atoms with Crippen LogP contribution in [0.3, 0.4) is 0 Å². The van der Waals surface area contributed by atoms with E-state index in [0.717, 1.165) is 24.4 Å². The Bertz CT molecular complexity index is 902. The van der Waals surface area contributed by atoms with E-state index >= 15 is 0 Å². The number of nitrogens with zero attached hydrogens (tertiary/aromatic N) is 1. The Balaban J connectivity index is 2.00. The van der Waals surface area contributed by atoms with Gasteiger partial charge in [-0.25, -0.2) is 4.79 Å². The molecule has 0 aliphatic carbocycles. The van der Waals surface area contributed by atoms with E-state index in [2.05, 4.69) is 9.88 Å². The Labute approximate surface area is 183 Å². The number of ether oxygens (including phenoxy) is 2. The fourth-order valence-corrected chi connectivity index (χ4v) is 3.41. The van der Waals surface area contributed by atoms with Crippen molar-refractivity contribution in [1.29, 1.82) is 0 Å². The van der Waals surface area contributed by atoms with Crippen molar-refractivity contribution in [2.75, 3.05) is 20.3 Å². The van der Waals surface area contributed by atoms with Crippen LogP contribution in [0.15, 0.2) is 36.4 Å². The van der Waals surface area contributed by atoms with Gasteiger partial charge in [0, 0.05) is 42.8 Å². The van der Waals surface area contributed by atoms with Crippen LogP contribution in [0.5, 0.6) is 0 Å². The number of aryl methyl sites for hydroxylation is 1. The van der Waals surface area contributed by atoms with Gasteiger partial charge in [-0.1, -0.05) is 32.0 Å². The van der Waals surface area contributed by atoms with E-state index in [9.17, 15) is 14.4 Å². The number of rotatable bonds is 11. The zero-order chi connectivity index (χ0) is 23.0. The first kappa shape index (κ1) is 24.3. The summed E-state index contributed by atoms with van der Waals surface area (Å²) < 4.78 is 12.4. The van der Waals surface area contributed by atoms with E-state index in [-0.39, 0.29) is 24.2 Å². The lowest BCUT2D eigenvalue weighted by molar-refractivity contribution is -0.145. The Morgan fingerprint density at radius 2 is 1.77 bits per heavy atom. The molecule has 31 heavy (non-hydrogen) atoms. The number of carbonyl (C=O) groups is 3. The van der Waals surface area contributed by atoms with E-state index in [1.54, 1.807) is 31.4 Å². The summed E-state index contributed by atoms with van der Waals surface area (Å²) in [7, 11) is 1.66. The molecule has 0 radical (unpaired) electrons. The van der Waals surface area contributed by atoms with Crippen LogP contribution in [0, 0.1) is 19.8 Å². The molecule has 0 bridgehead atoms. The number of nitrogens with one attached hydrogen (secondary N) is 1. The number of benzene rings is 1. The average molecular weight is 429 g/mol. The molecule has 0 unspecified atom stereocenters. The van der Waals surface area contributed by atoms with Crippen molar-refractivity contribution >= 4 is 17.7 Å². The molecule has 0 saturated heterocycles. The lowest BCUT2D eigenvalue weighted by atomic mass is 10.0. The van der Waals surface area contributed by atoms with E-state index in [4.69, 9.17) is 9.47 Å². The molecular weight excluding hydrogens is 396 g/mol. The molecule has 7 nitrogen and oxygen atoms in total. The van der Waals surface area contributed by atoms with Gasteiger partial charge in [0.25, 0.3) is 5.91 Å². The summed E-state index contributed by atoms with van der Waals surface area (Å²) in [6.45, 7) is 8.47. The molecule has 1 heterocycles. The van der Waals surface area contributed by atoms with E-state index in [0.29, 0.717) is 17.7 Å². The van der Waals surface area contributed by atoms with Crippen LogP contribution in [0.2, 0.25) is 0 Å². The molecular formula is C24H32N2O5. The molecule has 1 aromatic heterocycles. The highest BCUT2D eigenvalue weighted by Crippen LogP contribution is 2.17. The quantitative estimate of drug-likeness (QED) is 0.337. The number of amides is 1. The third-order valence-corrected chi connectivity index (χ3v) is 5.19. The van der Waals surface area contributed by atoms with Crippen LogP contribution in [-0.4, -0.2) is 48.6 Å². The summed E-state index contributed by atoms with van der Waals surface area (Å²) in [4.78, 5) is 37.7. The second kappa shape index (κ2) is 11.5. The zero-order valence-corrected chi connectivity index (χ0v) is 18.9. The summed E-state index contributed by atoms with van der Waals surface area (Å²) >= 11 is 0. The van der Waals surface area contributed by atoms with Gasteiger partial charge in [-0.3, -0.25) is 9.59 Å². The van der Waals surface area contributed by atoms with Crippen LogP contribution >= 0.6 is 0 Å². The minimum Gasteiger partial charge on any atom is -0.456 e. The van der Waals surface area contributed by atoms with Gasteiger partial charge in [-0.05, 0) is 44.4 Å². The number of carbonyl (C=O) groups excluding carboxylic acids is 3. The van der Waals surface area contributed by atoms with Gasteiger partial charge in [0.1, 0.15) is 6.04 Å². The molecule has 168 valence electrons. The highest BCUT2D eigenvalue weighted by atomic mass is 16.5. The van der Waals surface area contributed by atoms with Crippen molar-refractivity contribution in [2.45, 2.75) is 46.7 Å². The van der Waals surface area contributed by atoms with Gasteiger partial charge in [0.05, 0.1) is 0 Å². The molecule has 0 fully saturated rings. The number of aromatic nitrogens is 1. The average Bonchev–Trinajstić information content (AvgIpc) is 3.04. The fraction of sp³-hybridized carbons (Fsp3) is 0.458. The molecule has 0 spiro atoms. The Kier molecular flexibility index (Phi) is 9.00. The smallest absolute Gasteiger partial charge is 0.329 e. The molecule has 7 heteroatoms. The van der Waals surface area contributed by atoms with Gasteiger partial charge in [-0.15, -0.1) is 0 Å². The van der Waals surface area contributed by atoms with Crippen molar-refractivity contribution in [2.24, 2.45) is 5.92 Å². The Morgan fingerprint density at radius 3 is 2.39 bits per heavy atom. The molecule has 0 aliphatic rings. The predicted molar refractivity (Wildman–Crippen MR) is 118 cm³/mol. The van der Waals surface area contributed by atoms with E-state index in [1.807, 2.05) is 39.8 Å². The van der Waals surface area contributed by atoms with Gasteiger partial charge >= 0.3 is 5.97 Å². The number of esters is 1. The summed E-state index contributed by atoms with van der Waals surface area (Å²) in [5.41, 5.74) is 2.81. The molecule has 1 atom stereocenters. The Hall–Kier alpha value is -2.93. The SMILES string of the molecule is COCCCn1c(C)cc(C(=O)COC(=O)[C@@H](NC(=O)c2ccccc2)C(C)C)c1C. The first-order chi connectivity index (χ1) is 14.8. The highest BCUT2D eigenvalue weighted by Gasteiger charge is 2.27. The van der Waals surface area contributed by atoms with Crippen LogP contribution in [-0.2, 0) is 20.8 Å². The monoisotopic (exact) mass is 428 g/mol. The largest absolute Gasteiger partial charge is 0.456 e. The standard InChI is InChI=1S/C24H32N2O5/c1-16(2)22(25-23(28)19-10-7-6-8-11-19)24(29)31-15-21(27)20-14-17(3)26(18(20)4)12-9-13-30-5/h6-8,10-11,14,16,22H,9,12-13,15H2,1-5H3,(H,25,28)/t22-/m0/s1. The minimum atomic E-state index is -0.845. The number of Topliss-reactive ketones (excluding diaryl/α,β-unsaturated/α-hetero) is 1. The van der Waals surface area contributed by atoms with Crippen molar-refractivity contribution in [3.63, 3.8) is 0 Å². The van der Waals surface area contributed by atoms with E-state index in [1.165, 1.54) is 0 Å². The summed E-state index contributed by atoms with van der Waals surface area (Å²) in [5, 5.41) is 2.71. The van der Waals surface area contributed by atoms with Crippen LogP contribution in [0.4, 0.5) is 0 Å². The second-order valence-corrected chi connectivity index (χ2v) is 7.87. The first-order valence-corrected chi connectivity index (χ1v) is 10.5. The Morgan fingerprint density at radius 1 is 1.10 bits per heavy atom. The van der Waals surface area contributed by atoms with Gasteiger partial charge in [0.15, 0.2) is 6.61 Å². The normalized spacial score (nSPS) is 11.9. The highest BCUT2D eigenvalue weighted by molar-refractivity contribution is 6.00. The summed E-state index contributed by atoms with van der Waals surface area (Å²) in [6, 6.07) is 9.63. The van der Waals surface area contributed by atoms with Gasteiger partial charge in [0.2, 0.25) is 5.78 Å². The van der Waals surface area contributed by atoms with Crippen LogP contribution in [0.25, 0.3) is 0 Å². The van der Waals surface area contributed by atoms with Gasteiger partial charge < -0.3 is 19.4 Å². The van der Waals surface area contributed by atoms with Crippen molar-refractivity contribution in [1.82, 2.24) is 9.88 Å². The van der Waals surface area contributed by atoms with E-state index < -0.39 is 12.0 Å². The van der Waals surface area contributed by atoms with Crippen molar-refractivity contribution in [3.05, 3.63) is 58.9 Å². The van der Waals surface area contributed by atoms with Crippen molar-refractivity contribution in [3.8, 4) is 0 Å². The second-order valence-electron chi connectivity index (χ2n) is 7.87. The summed E-state index contributed by atoms with van der Waals surface area (Å²) in [5.74, 6) is -1.44. The third kappa shape index (κ3) is 6.52. The maximum Gasteiger partial charge on any atom is 0.329 e. The first-order valence-electron chi connectivity index (χ1n) is 10.5. The maximum atomic E-state index is 12.7. The van der Waals surface area contributed by atoms with Gasteiger partial charge in [-0.2, -0.15) is 0 Å². The number of methoxy groups -OCH3 is 1. The molecule has 1 aromatic carbocycles. The lowest BCUT2D eigenvalue weighted by Crippen LogP contribution is -2.45. The molecule has 1 N–H and O–H groups in total. The minimum absolute atomic E-state index is 0.193. The molecule has 1 amide bonds. The topological polar surface area (TPSA) is 86.6 Å². The fourth-order valence-electron chi connectivity index (χ4n) is 3.41. The predicted octanol–water partition coefficient (Wildman–Crippen LogP) is 3.32. The lowest BCUT2D eigenvalue weighted by Gasteiger charge is -2.20. The summed E-state index contributed by atoms with van der Waals surface area (Å²) in [6.07, 6.45) is 0.840. The van der Waals surface area contributed by atoms with Crippen LogP contribution in [0.1, 0.15) is 52.4 Å². The van der Waals surface area contributed by atoms with Crippen molar-refractivity contribution < 1.29 is 23.9 Å². The van der Waals surface area contributed by atoms with Crippen LogP contribution < -0.4 is 5.32 Å². The molecule has 2 rings (SSSR count). The molecule has 0 saturated carbocycles. The number of hydrogen-bond donors (Lipinski definition) is 1. The number of ketones is 1. The molecule has 2 aromatic rings. The molecule has 0 aliphatic heterocycles. The zero-order valence-electron chi connectivity index (χ0n) is 18.9.